The molecule has 1 aromatic heterocycles. The van der Waals surface area contributed by atoms with Gasteiger partial charge in [-0.1, -0.05) is 0 Å². The molecule has 0 saturated heterocycles. The summed E-state index contributed by atoms with van der Waals surface area (Å²) in [4.78, 5) is 15.4. The molecule has 1 rings (SSSR count). The molecule has 6 nitrogen and oxygen atoms in total. The van der Waals surface area contributed by atoms with Crippen LogP contribution in [0.25, 0.3) is 0 Å². The van der Waals surface area contributed by atoms with Gasteiger partial charge < -0.3 is 19.2 Å². The maximum Gasteiger partial charge on any atom is 0.410 e. The summed E-state index contributed by atoms with van der Waals surface area (Å²) in [6.45, 7) is 3.33. The summed E-state index contributed by atoms with van der Waals surface area (Å²) in [5, 5.41) is 8.69. The van der Waals surface area contributed by atoms with E-state index in [1.807, 2.05) is 38.1 Å². The Labute approximate surface area is 113 Å². The molecule has 0 aromatic carbocycles. The van der Waals surface area contributed by atoms with Crippen molar-refractivity contribution >= 4 is 6.09 Å². The zero-order valence-electron chi connectivity index (χ0n) is 11.8. The number of carbonyl (C=O) groups excluding carboxylic acids is 1. The van der Waals surface area contributed by atoms with Gasteiger partial charge in [0.2, 0.25) is 0 Å². The minimum absolute atomic E-state index is 0.00841. The largest absolute Gasteiger partial charge is 0.464 e. The van der Waals surface area contributed by atoms with Crippen LogP contribution in [0.2, 0.25) is 0 Å². The first kappa shape index (κ1) is 15.5. The minimum Gasteiger partial charge on any atom is -0.464 e. The van der Waals surface area contributed by atoms with Crippen molar-refractivity contribution in [1.82, 2.24) is 9.80 Å². The van der Waals surface area contributed by atoms with Crippen molar-refractivity contribution < 1.29 is 19.1 Å². The van der Waals surface area contributed by atoms with Crippen LogP contribution in [0.5, 0.6) is 0 Å². The lowest BCUT2D eigenvalue weighted by Crippen LogP contribution is -2.36. The van der Waals surface area contributed by atoms with Gasteiger partial charge in [-0.3, -0.25) is 4.90 Å². The highest BCUT2D eigenvalue weighted by Crippen LogP contribution is 2.10. The van der Waals surface area contributed by atoms with Crippen LogP contribution in [0.3, 0.4) is 0 Å². The topological polar surface area (TPSA) is 66.2 Å². The van der Waals surface area contributed by atoms with Crippen LogP contribution < -0.4 is 0 Å². The Hall–Kier alpha value is -1.53. The summed E-state index contributed by atoms with van der Waals surface area (Å²) in [6, 6.07) is 3.70. The average Bonchev–Trinajstić information content (AvgIpc) is 2.76. The Kier molecular flexibility index (Phi) is 6.38. The summed E-state index contributed by atoms with van der Waals surface area (Å²) in [5.41, 5.74) is 0. The Morgan fingerprint density at radius 2 is 2.11 bits per heavy atom. The average molecular weight is 270 g/mol. The van der Waals surface area contributed by atoms with Gasteiger partial charge in [0, 0.05) is 13.1 Å². The van der Waals surface area contributed by atoms with Crippen molar-refractivity contribution in [2.45, 2.75) is 13.5 Å². The Morgan fingerprint density at radius 3 is 2.63 bits per heavy atom. The smallest absolute Gasteiger partial charge is 0.410 e. The first-order valence-corrected chi connectivity index (χ1v) is 6.25. The summed E-state index contributed by atoms with van der Waals surface area (Å²) >= 11 is 0. The van der Waals surface area contributed by atoms with Gasteiger partial charge in [-0.25, -0.2) is 4.79 Å². The van der Waals surface area contributed by atoms with E-state index in [2.05, 4.69) is 0 Å². The van der Waals surface area contributed by atoms with Crippen LogP contribution in [-0.4, -0.2) is 61.4 Å². The minimum atomic E-state index is -0.440. The first-order chi connectivity index (χ1) is 9.02. The zero-order chi connectivity index (χ0) is 14.3. The molecule has 19 heavy (non-hydrogen) atoms. The molecule has 0 bridgehead atoms. The van der Waals surface area contributed by atoms with Crippen molar-refractivity contribution in [1.29, 1.82) is 0 Å². The van der Waals surface area contributed by atoms with Gasteiger partial charge in [0.1, 0.15) is 18.1 Å². The molecule has 108 valence electrons. The molecule has 1 amide bonds. The van der Waals surface area contributed by atoms with E-state index < -0.39 is 6.09 Å². The van der Waals surface area contributed by atoms with E-state index in [0.717, 1.165) is 18.1 Å². The van der Waals surface area contributed by atoms with Gasteiger partial charge in [-0.2, -0.15) is 0 Å². The number of aliphatic hydroxyl groups is 1. The fourth-order valence-corrected chi connectivity index (χ4v) is 1.54. The molecule has 0 fully saturated rings. The molecule has 0 saturated carbocycles. The fraction of sp³-hybridized carbons (Fsp3) is 0.615. The van der Waals surface area contributed by atoms with E-state index in [1.165, 1.54) is 0 Å². The summed E-state index contributed by atoms with van der Waals surface area (Å²) in [6.07, 6.45) is -0.440. The lowest BCUT2D eigenvalue weighted by molar-refractivity contribution is 0.0779. The SMILES string of the molecule is Cc1ccc(CN(CCN(C)C)C(=O)OCCO)o1. The van der Waals surface area contributed by atoms with E-state index in [4.69, 9.17) is 14.3 Å². The van der Waals surface area contributed by atoms with Gasteiger partial charge in [-0.05, 0) is 33.2 Å². The predicted molar refractivity (Wildman–Crippen MR) is 70.8 cm³/mol. The van der Waals surface area contributed by atoms with Crippen LogP contribution in [0.15, 0.2) is 16.5 Å². The van der Waals surface area contributed by atoms with Gasteiger partial charge in [0.05, 0.1) is 13.2 Å². The standard InChI is InChI=1S/C13H22N2O4/c1-11-4-5-12(19-11)10-15(7-6-14(2)3)13(17)18-9-8-16/h4-5,16H,6-10H2,1-3H3. The number of amides is 1. The van der Waals surface area contributed by atoms with Crippen LogP contribution in [0.4, 0.5) is 4.79 Å². The van der Waals surface area contributed by atoms with Crippen molar-refractivity contribution in [3.63, 3.8) is 0 Å². The summed E-state index contributed by atoms with van der Waals surface area (Å²) < 4.78 is 10.4. The predicted octanol–water partition coefficient (Wildman–Crippen LogP) is 1.08. The number of hydrogen-bond donors (Lipinski definition) is 1. The number of nitrogens with zero attached hydrogens (tertiary/aromatic N) is 2. The zero-order valence-corrected chi connectivity index (χ0v) is 11.8. The van der Waals surface area contributed by atoms with E-state index in [-0.39, 0.29) is 13.2 Å². The highest BCUT2D eigenvalue weighted by Gasteiger charge is 2.17. The van der Waals surface area contributed by atoms with Crippen LogP contribution in [0, 0.1) is 6.92 Å². The monoisotopic (exact) mass is 270 g/mol. The molecule has 0 aliphatic carbocycles. The molecule has 1 N–H and O–H groups in total. The molecule has 0 aliphatic heterocycles. The molecule has 0 aliphatic rings. The molecule has 0 unspecified atom stereocenters. The third kappa shape index (κ3) is 5.76. The maximum absolute atomic E-state index is 11.9. The van der Waals surface area contributed by atoms with E-state index in [0.29, 0.717) is 13.1 Å². The maximum atomic E-state index is 11.9. The Balaban J connectivity index is 2.59. The highest BCUT2D eigenvalue weighted by molar-refractivity contribution is 5.67. The van der Waals surface area contributed by atoms with E-state index in [1.54, 1.807) is 4.90 Å². The molecule has 1 aromatic rings. The molecular weight excluding hydrogens is 248 g/mol. The van der Waals surface area contributed by atoms with E-state index in [9.17, 15) is 4.79 Å². The number of aliphatic hydroxyl groups excluding tert-OH is 1. The molecular formula is C13H22N2O4. The second kappa shape index (κ2) is 7.81. The normalized spacial score (nSPS) is 10.8. The van der Waals surface area contributed by atoms with Gasteiger partial charge in [0.15, 0.2) is 0 Å². The number of furan rings is 1. The fourth-order valence-electron chi connectivity index (χ4n) is 1.54. The number of rotatable bonds is 7. The van der Waals surface area contributed by atoms with Crippen LogP contribution >= 0.6 is 0 Å². The number of aryl methyl sites for hydroxylation is 1. The second-order valence-corrected chi connectivity index (χ2v) is 4.58. The van der Waals surface area contributed by atoms with Crippen LogP contribution in [-0.2, 0) is 11.3 Å². The summed E-state index contributed by atoms with van der Waals surface area (Å²) in [7, 11) is 3.88. The molecule has 0 radical (unpaired) electrons. The first-order valence-electron chi connectivity index (χ1n) is 6.25. The molecule has 0 atom stereocenters. The molecule has 0 spiro atoms. The van der Waals surface area contributed by atoms with Gasteiger partial charge in [0.25, 0.3) is 0 Å². The van der Waals surface area contributed by atoms with Gasteiger partial charge >= 0.3 is 6.09 Å². The van der Waals surface area contributed by atoms with Crippen molar-refractivity contribution in [2.24, 2.45) is 0 Å². The number of ether oxygens (including phenoxy) is 1. The lowest BCUT2D eigenvalue weighted by Gasteiger charge is -2.22. The number of carbonyl (C=O) groups is 1. The molecule has 1 heterocycles. The number of hydrogen-bond acceptors (Lipinski definition) is 5. The van der Waals surface area contributed by atoms with E-state index >= 15 is 0 Å². The van der Waals surface area contributed by atoms with Crippen molar-refractivity contribution in [2.75, 3.05) is 40.4 Å². The third-order valence-corrected chi connectivity index (χ3v) is 2.53. The quantitative estimate of drug-likeness (QED) is 0.803. The lowest BCUT2D eigenvalue weighted by atomic mass is 10.4. The highest BCUT2D eigenvalue weighted by atomic mass is 16.6. The third-order valence-electron chi connectivity index (χ3n) is 2.53. The van der Waals surface area contributed by atoms with Crippen molar-refractivity contribution in [3.05, 3.63) is 23.7 Å². The Morgan fingerprint density at radius 1 is 1.37 bits per heavy atom. The summed E-state index contributed by atoms with van der Waals surface area (Å²) in [5.74, 6) is 1.53. The Bertz CT molecular complexity index is 390. The van der Waals surface area contributed by atoms with Gasteiger partial charge in [-0.15, -0.1) is 0 Å². The molecule has 6 heteroatoms. The van der Waals surface area contributed by atoms with Crippen molar-refractivity contribution in [3.8, 4) is 0 Å². The van der Waals surface area contributed by atoms with Crippen LogP contribution in [0.1, 0.15) is 11.5 Å². The second-order valence-electron chi connectivity index (χ2n) is 4.58. The number of likely N-dealkylation sites (N-methyl/N-ethyl adjacent to an activating group) is 1.